The predicted molar refractivity (Wildman–Crippen MR) is 37.3 cm³/mol. The number of nitrogens with one attached hydrogen (secondary N) is 1. The molecular formula is C6H12AlNO. The highest BCUT2D eigenvalue weighted by atomic mass is 27.1. The zero-order chi connectivity index (χ0) is 6.69. The van der Waals surface area contributed by atoms with Gasteiger partial charge in [0.25, 0.3) is 0 Å². The summed E-state index contributed by atoms with van der Waals surface area (Å²) >= 11 is 2.34. The number of rotatable bonds is 1. The number of hydrogen-bond acceptors (Lipinski definition) is 2. The van der Waals surface area contributed by atoms with Crippen molar-refractivity contribution < 1.29 is 3.79 Å². The molecule has 2 atom stereocenters. The van der Waals surface area contributed by atoms with Crippen molar-refractivity contribution in [3.05, 3.63) is 0 Å². The van der Waals surface area contributed by atoms with E-state index in [4.69, 9.17) is 3.79 Å². The average molecular weight is 141 g/mol. The first-order valence-corrected chi connectivity index (χ1v) is 3.88. The number of piperidine rings is 1. The summed E-state index contributed by atoms with van der Waals surface area (Å²) in [5.74, 6) is 0.663. The third-order valence-electron chi connectivity index (χ3n) is 1.88. The summed E-state index contributed by atoms with van der Waals surface area (Å²) in [5.41, 5.74) is 0. The molecule has 2 radical (unpaired) electrons. The molecule has 9 heavy (non-hydrogen) atoms. The highest BCUT2D eigenvalue weighted by Crippen LogP contribution is 2.12. The van der Waals surface area contributed by atoms with Gasteiger partial charge in [0.1, 0.15) is 0 Å². The van der Waals surface area contributed by atoms with Gasteiger partial charge in [-0.2, -0.15) is 0 Å². The zero-order valence-electron chi connectivity index (χ0n) is 5.76. The predicted octanol–water partition coefficient (Wildman–Crippen LogP) is 0.0845. The van der Waals surface area contributed by atoms with Crippen LogP contribution in [-0.2, 0) is 3.79 Å². The van der Waals surface area contributed by atoms with Gasteiger partial charge in [-0.15, -0.1) is 0 Å². The fourth-order valence-corrected chi connectivity index (χ4v) is 1.60. The molecule has 0 bridgehead atoms. The molecule has 1 fully saturated rings. The van der Waals surface area contributed by atoms with E-state index < -0.39 is 0 Å². The van der Waals surface area contributed by atoms with Gasteiger partial charge in [-0.05, 0) is 18.9 Å². The Morgan fingerprint density at radius 1 is 1.67 bits per heavy atom. The summed E-state index contributed by atoms with van der Waals surface area (Å²) in [7, 11) is 0. The van der Waals surface area contributed by atoms with Gasteiger partial charge in [0.05, 0.1) is 0 Å². The second kappa shape index (κ2) is 3.58. The summed E-state index contributed by atoms with van der Waals surface area (Å²) in [6.45, 7) is 4.41. The molecular weight excluding hydrogens is 129 g/mol. The summed E-state index contributed by atoms with van der Waals surface area (Å²) in [4.78, 5) is 0. The second-order valence-electron chi connectivity index (χ2n) is 2.64. The third-order valence-corrected chi connectivity index (χ3v) is 2.23. The van der Waals surface area contributed by atoms with Gasteiger partial charge in [0, 0.05) is 12.6 Å². The van der Waals surface area contributed by atoms with Crippen LogP contribution >= 0.6 is 0 Å². The molecule has 1 N–H and O–H groups in total. The molecule has 0 aromatic heterocycles. The lowest BCUT2D eigenvalue weighted by Crippen LogP contribution is -2.39. The summed E-state index contributed by atoms with van der Waals surface area (Å²) in [6.07, 6.45) is 1.60. The van der Waals surface area contributed by atoms with Crippen LogP contribution in [0.3, 0.4) is 0 Å². The lowest BCUT2D eigenvalue weighted by atomic mass is 9.99. The van der Waals surface area contributed by atoms with E-state index in [0.717, 1.165) is 19.5 Å². The van der Waals surface area contributed by atoms with Gasteiger partial charge in [0.15, 0.2) is 0 Å². The van der Waals surface area contributed by atoms with Crippen molar-refractivity contribution in [1.29, 1.82) is 0 Å². The minimum atomic E-state index is 0.455. The molecule has 0 aromatic carbocycles. The first kappa shape index (κ1) is 7.56. The lowest BCUT2D eigenvalue weighted by molar-refractivity contribution is 0.123. The molecule has 1 saturated heterocycles. The molecule has 0 aromatic rings. The van der Waals surface area contributed by atoms with Gasteiger partial charge in [-0.3, -0.25) is 0 Å². The second-order valence-corrected chi connectivity index (χ2v) is 2.92. The molecule has 1 heterocycles. The van der Waals surface area contributed by atoms with Gasteiger partial charge in [-0.25, -0.2) is 0 Å². The molecule has 0 unspecified atom stereocenters. The van der Waals surface area contributed by atoms with E-state index in [0.29, 0.717) is 12.0 Å². The maximum Gasteiger partial charge on any atom is 0.369 e. The van der Waals surface area contributed by atoms with Crippen LogP contribution in [0.15, 0.2) is 0 Å². The molecule has 0 spiro atoms. The Labute approximate surface area is 64.7 Å². The van der Waals surface area contributed by atoms with Crippen molar-refractivity contribution in [3.8, 4) is 0 Å². The van der Waals surface area contributed by atoms with E-state index in [1.807, 2.05) is 0 Å². The van der Waals surface area contributed by atoms with E-state index in [1.165, 1.54) is 0 Å². The van der Waals surface area contributed by atoms with Crippen molar-refractivity contribution in [2.45, 2.75) is 19.4 Å². The Bertz CT molecular complexity index is 89.1. The van der Waals surface area contributed by atoms with Gasteiger partial charge in [-0.1, -0.05) is 6.92 Å². The van der Waals surface area contributed by atoms with Crippen molar-refractivity contribution in [3.63, 3.8) is 0 Å². The van der Waals surface area contributed by atoms with E-state index in [1.54, 1.807) is 0 Å². The molecule has 1 rings (SSSR count). The summed E-state index contributed by atoms with van der Waals surface area (Å²) < 4.78 is 5.18. The molecule has 0 amide bonds. The highest BCUT2D eigenvalue weighted by molar-refractivity contribution is 5.98. The Morgan fingerprint density at radius 3 is 2.89 bits per heavy atom. The largest absolute Gasteiger partial charge is 0.513 e. The molecule has 1 aliphatic heterocycles. The van der Waals surface area contributed by atoms with Crippen LogP contribution in [0.5, 0.6) is 0 Å². The Kier molecular flexibility index (Phi) is 3.01. The maximum atomic E-state index is 5.18. The number of hydrogen-bond donors (Lipinski definition) is 1. The fraction of sp³-hybridized carbons (Fsp3) is 1.00. The first-order chi connectivity index (χ1) is 4.34. The fourth-order valence-electron chi connectivity index (χ4n) is 1.19. The smallest absolute Gasteiger partial charge is 0.369 e. The van der Waals surface area contributed by atoms with Crippen molar-refractivity contribution in [1.82, 2.24) is 5.32 Å². The molecule has 2 nitrogen and oxygen atoms in total. The standard InChI is InChI=1S/C6H12NO.Al/c1-5-4-7-3-2-6(5)8;/h5-7H,2-4H2,1H3;/q-1;+1/t5-,6+;/m1./s1. The van der Waals surface area contributed by atoms with E-state index in [-0.39, 0.29) is 0 Å². The van der Waals surface area contributed by atoms with Crippen molar-refractivity contribution >= 4 is 16.6 Å². The van der Waals surface area contributed by atoms with Crippen LogP contribution in [0.2, 0.25) is 0 Å². The van der Waals surface area contributed by atoms with E-state index in [2.05, 4.69) is 28.9 Å². The van der Waals surface area contributed by atoms with Crippen molar-refractivity contribution in [2.24, 2.45) is 5.92 Å². The normalized spacial score (nSPS) is 36.6. The molecule has 3 heteroatoms. The Morgan fingerprint density at radius 2 is 2.44 bits per heavy atom. The van der Waals surface area contributed by atoms with Crippen LogP contribution in [-0.4, -0.2) is 35.8 Å². The van der Waals surface area contributed by atoms with Crippen LogP contribution in [0.4, 0.5) is 0 Å². The molecule has 0 aliphatic carbocycles. The van der Waals surface area contributed by atoms with Gasteiger partial charge in [0.2, 0.25) is 0 Å². The molecule has 0 saturated carbocycles. The van der Waals surface area contributed by atoms with E-state index >= 15 is 0 Å². The summed E-state index contributed by atoms with van der Waals surface area (Å²) in [5, 5.41) is 3.31. The van der Waals surface area contributed by atoms with Gasteiger partial charge >= 0.3 is 16.6 Å². The first-order valence-electron chi connectivity index (χ1n) is 3.41. The quantitative estimate of drug-likeness (QED) is 0.522. The zero-order valence-corrected chi connectivity index (χ0v) is 6.92. The average Bonchev–Trinajstić information content (AvgIpc) is 1.89. The Balaban J connectivity index is 2.30. The van der Waals surface area contributed by atoms with Crippen LogP contribution in [0, 0.1) is 5.92 Å². The minimum Gasteiger partial charge on any atom is -0.513 e. The SMILES string of the molecule is C[C@@H]1CNCC[C@@H]1[O][Al]. The third kappa shape index (κ3) is 1.94. The molecule has 1 aliphatic rings. The molecule has 50 valence electrons. The van der Waals surface area contributed by atoms with Crippen molar-refractivity contribution in [2.75, 3.05) is 13.1 Å². The topological polar surface area (TPSA) is 21.3 Å². The highest BCUT2D eigenvalue weighted by Gasteiger charge is 2.18. The minimum absolute atomic E-state index is 0.455. The van der Waals surface area contributed by atoms with Crippen LogP contribution in [0.25, 0.3) is 0 Å². The maximum absolute atomic E-state index is 5.18. The lowest BCUT2D eigenvalue weighted by Gasteiger charge is -2.29. The van der Waals surface area contributed by atoms with E-state index in [9.17, 15) is 0 Å². The van der Waals surface area contributed by atoms with Crippen LogP contribution in [0.1, 0.15) is 13.3 Å². The summed E-state index contributed by atoms with van der Waals surface area (Å²) in [6, 6.07) is 0. The Hall–Kier alpha value is 0.452. The van der Waals surface area contributed by atoms with Crippen LogP contribution < -0.4 is 5.32 Å². The van der Waals surface area contributed by atoms with Gasteiger partial charge < -0.3 is 9.11 Å². The monoisotopic (exact) mass is 141 g/mol.